The topological polar surface area (TPSA) is 184 Å². The molecule has 107 heavy (non-hydrogen) atoms. The Kier molecular flexibility index (Phi) is 36.2. The van der Waals surface area contributed by atoms with E-state index in [0.29, 0.717) is 52.8 Å². The molecule has 8 N–H and O–H groups in total. The molecule has 4 aromatic rings. The maximum atomic E-state index is 14.5. The predicted molar refractivity (Wildman–Crippen MR) is 459 cm³/mol. The zero-order chi connectivity index (χ0) is 79.6. The van der Waals surface area contributed by atoms with Gasteiger partial charge in [-0.1, -0.05) is 112 Å². The van der Waals surface area contributed by atoms with Gasteiger partial charge < -0.3 is 41.7 Å². The summed E-state index contributed by atoms with van der Waals surface area (Å²) in [5.74, 6) is -0.0803. The van der Waals surface area contributed by atoms with Gasteiger partial charge in [0.1, 0.15) is 0 Å². The minimum atomic E-state index is -3.89. The Hall–Kier alpha value is -2.19. The maximum absolute atomic E-state index is 14.5. The van der Waals surface area contributed by atoms with Crippen molar-refractivity contribution in [2.24, 2.45) is 10.8 Å². The summed E-state index contributed by atoms with van der Waals surface area (Å²) >= 11 is 26.5. The van der Waals surface area contributed by atoms with Gasteiger partial charge in [-0.15, -0.1) is 0 Å². The van der Waals surface area contributed by atoms with Crippen LogP contribution in [-0.2, 0) is 33.1 Å². The van der Waals surface area contributed by atoms with Crippen LogP contribution in [0.1, 0.15) is 189 Å². The fourth-order valence-electron chi connectivity index (χ4n) is 15.0. The molecule has 6 rings (SSSR count). The second-order valence-electron chi connectivity index (χ2n) is 35.6. The van der Waals surface area contributed by atoms with Crippen molar-refractivity contribution in [3.8, 4) is 0 Å². The van der Waals surface area contributed by atoms with E-state index in [0.717, 1.165) is 176 Å². The molecule has 3 unspecified atom stereocenters. The molecule has 0 saturated heterocycles. The molecular formula is C82H141Cl4N14O4PS2. The molecule has 4 aromatic carbocycles. The van der Waals surface area contributed by atoms with E-state index in [1.165, 1.54) is 0 Å². The molecule has 0 bridgehead atoms. The molecule has 608 valence electrons. The summed E-state index contributed by atoms with van der Waals surface area (Å²) in [6.07, 6.45) is 4.72. The Morgan fingerprint density at radius 1 is 0.486 bits per heavy atom. The average molecular weight is 1620 g/mol. The van der Waals surface area contributed by atoms with Crippen LogP contribution in [0.3, 0.4) is 0 Å². The first-order chi connectivity index (χ1) is 49.8. The largest absolute Gasteiger partial charge is 0.318 e. The van der Waals surface area contributed by atoms with E-state index in [9.17, 15) is 16.8 Å². The molecule has 0 amide bonds. The van der Waals surface area contributed by atoms with E-state index in [1.54, 1.807) is 30.3 Å². The molecule has 2 aliphatic heterocycles. The number of hydrogen-bond donors (Lipinski definition) is 8. The van der Waals surface area contributed by atoms with Crippen molar-refractivity contribution >= 4 is 74.5 Å². The number of nitrogens with one attached hydrogen (secondary N) is 8. The molecule has 0 fully saturated rings. The molecule has 2 aliphatic rings. The molecule has 0 radical (unpaired) electrons. The molecular weight excluding hydrogens is 1480 g/mol. The van der Waals surface area contributed by atoms with E-state index in [1.807, 2.05) is 49.5 Å². The van der Waals surface area contributed by atoms with Gasteiger partial charge in [0.25, 0.3) is 0 Å². The number of fused-ring (bicyclic) bond motifs is 2. The van der Waals surface area contributed by atoms with Crippen LogP contribution >= 0.6 is 54.5 Å². The maximum Gasteiger partial charge on any atom is 0.240 e. The number of sulfonamides is 2. The third kappa shape index (κ3) is 29.2. The van der Waals surface area contributed by atoms with Crippen molar-refractivity contribution in [1.82, 2.24) is 70.5 Å². The summed E-state index contributed by atoms with van der Waals surface area (Å²) < 4.78 is 65.4. The highest BCUT2D eigenvalue weighted by Crippen LogP contribution is 2.44. The number of rotatable bonds is 47. The summed E-state index contributed by atoms with van der Waals surface area (Å²) in [5.41, 5.74) is 5.45. The van der Waals surface area contributed by atoms with E-state index in [-0.39, 0.29) is 66.7 Å². The van der Waals surface area contributed by atoms with E-state index in [2.05, 4.69) is 209 Å². The van der Waals surface area contributed by atoms with Crippen molar-refractivity contribution in [2.45, 2.75) is 206 Å². The lowest BCUT2D eigenvalue weighted by atomic mass is 9.69. The molecule has 2 heterocycles. The van der Waals surface area contributed by atoms with Gasteiger partial charge in [-0.2, -0.15) is 0 Å². The van der Waals surface area contributed by atoms with Crippen LogP contribution < -0.4 is 41.3 Å². The summed E-state index contributed by atoms with van der Waals surface area (Å²) in [7, 11) is -2.07. The van der Waals surface area contributed by atoms with Crippen LogP contribution in [0, 0.1) is 10.8 Å². The fraction of sp³-hybridized carbons (Fsp3) is 0.707. The molecule has 0 aliphatic carbocycles. The van der Waals surface area contributed by atoms with Gasteiger partial charge in [0, 0.05) is 204 Å². The predicted octanol–water partition coefficient (Wildman–Crippen LogP) is 13.7. The van der Waals surface area contributed by atoms with Gasteiger partial charge in [-0.3, -0.25) is 19.4 Å². The lowest BCUT2D eigenvalue weighted by molar-refractivity contribution is 0.0480. The van der Waals surface area contributed by atoms with Crippen molar-refractivity contribution in [3.05, 3.63) is 126 Å². The second kappa shape index (κ2) is 41.4. The number of halogens is 4. The van der Waals surface area contributed by atoms with Gasteiger partial charge in [0.2, 0.25) is 20.0 Å². The van der Waals surface area contributed by atoms with Crippen LogP contribution in [0.2, 0.25) is 20.1 Å². The Balaban J connectivity index is 1.07. The van der Waals surface area contributed by atoms with E-state index >= 15 is 0 Å². The van der Waals surface area contributed by atoms with Gasteiger partial charge in [-0.05, 0) is 243 Å². The van der Waals surface area contributed by atoms with E-state index < -0.39 is 28.1 Å². The number of hydrogen-bond acceptors (Lipinski definition) is 16. The van der Waals surface area contributed by atoms with Crippen LogP contribution in [0.25, 0.3) is 0 Å². The summed E-state index contributed by atoms with van der Waals surface area (Å²) in [6.45, 7) is 59.3. The van der Waals surface area contributed by atoms with Crippen molar-refractivity contribution in [2.75, 3.05) is 171 Å². The highest BCUT2D eigenvalue weighted by molar-refractivity contribution is 7.89. The van der Waals surface area contributed by atoms with Crippen molar-refractivity contribution in [1.29, 1.82) is 0 Å². The van der Waals surface area contributed by atoms with Crippen LogP contribution in [-0.4, -0.2) is 245 Å². The summed E-state index contributed by atoms with van der Waals surface area (Å²) in [5, 5.41) is 24.5. The lowest BCUT2D eigenvalue weighted by Gasteiger charge is -2.47. The summed E-state index contributed by atoms with van der Waals surface area (Å²) in [4.78, 5) is 12.7. The number of likely N-dealkylation sites (N-methyl/N-ethyl adjacent to an activating group) is 4. The molecule has 0 aromatic heterocycles. The van der Waals surface area contributed by atoms with Gasteiger partial charge in [0.05, 0.1) is 9.79 Å². The standard InChI is InChI=1S/C82H141Cl4N14O4PS2/c1-22-88-39-47-99(49-41-89-34-36-91-77(5,6)7)80(12,13)32-44-97(50-42-93-107(103,104)67-25-23-24-63(52-67)71-58-96(20)60-73-69(71)54-65(84)56-75(73)86)79(10,11)31-30-78(8,9)82(16,17)92-37-35-90-40-48-98(46-38-87-18)81(14,15)33-45-100(105(21)61-76(2,3)4)51-43-94-106(101,102)66-28-26-62(27-29-66)70-57-95(19)59-72-68(70)53-64(83)55-74(72)85/h23-29,52-56,70-71,87-94H,22,30-51,57-61H2,1-21H3. The van der Waals surface area contributed by atoms with Crippen LogP contribution in [0.4, 0.5) is 0 Å². The fourth-order valence-corrected chi connectivity index (χ4v) is 20.7. The van der Waals surface area contributed by atoms with Crippen molar-refractivity contribution < 1.29 is 16.8 Å². The molecule has 0 saturated carbocycles. The van der Waals surface area contributed by atoms with Crippen LogP contribution in [0.5, 0.6) is 0 Å². The van der Waals surface area contributed by atoms with Crippen molar-refractivity contribution in [3.63, 3.8) is 0 Å². The van der Waals surface area contributed by atoms with Gasteiger partial charge in [-0.25, -0.2) is 26.3 Å². The third-order valence-electron chi connectivity index (χ3n) is 22.7. The molecule has 0 spiro atoms. The third-order valence-corrected chi connectivity index (χ3v) is 29.5. The average Bonchev–Trinajstić information content (AvgIpc) is 0.777. The first-order valence-electron chi connectivity index (χ1n) is 39.3. The Bertz CT molecular complexity index is 3630. The molecule has 25 heteroatoms. The van der Waals surface area contributed by atoms with Gasteiger partial charge >= 0.3 is 0 Å². The normalized spacial score (nSPS) is 16.8. The highest BCUT2D eigenvalue weighted by atomic mass is 35.5. The SMILES string of the molecule is CCNCCN(CCNCCNC(C)(C)C)C(C)(C)CCN(CCNS(=O)(=O)c1cccc(C2CN(C)Cc3c(Cl)cc(Cl)cc32)c1)C(C)(C)CCC(C)(C)C(C)(C)NCCNCCN(CCNC)C(C)(C)CCN(CCNS(=O)(=O)c1ccc(C2CN(C)Cc3c(Cl)cc(Cl)cc32)cc1)P(C)CC(C)(C)C. The zero-order valence-electron chi connectivity index (χ0n) is 69.5. The Labute approximate surface area is 671 Å². The molecule has 18 nitrogen and oxygen atoms in total. The lowest BCUT2D eigenvalue weighted by Crippen LogP contribution is -2.55. The van der Waals surface area contributed by atoms with Crippen LogP contribution in [0.15, 0.2) is 82.6 Å². The Morgan fingerprint density at radius 3 is 1.46 bits per heavy atom. The van der Waals surface area contributed by atoms with Gasteiger partial charge in [0.15, 0.2) is 0 Å². The minimum absolute atomic E-state index is 0.0148. The Morgan fingerprint density at radius 2 is 0.944 bits per heavy atom. The minimum Gasteiger partial charge on any atom is -0.318 e. The van der Waals surface area contributed by atoms with E-state index in [4.69, 9.17) is 46.4 Å². The first-order valence-corrected chi connectivity index (χ1v) is 45.7. The highest BCUT2D eigenvalue weighted by Gasteiger charge is 2.40. The first kappa shape index (κ1) is 93.7. The quantitative estimate of drug-likeness (QED) is 0.0154. The number of nitrogens with zero attached hydrogens (tertiary/aromatic N) is 6. The zero-order valence-corrected chi connectivity index (χ0v) is 75.0. The summed E-state index contributed by atoms with van der Waals surface area (Å²) in [6, 6.07) is 22.2. The smallest absolute Gasteiger partial charge is 0.240 e. The second-order valence-corrected chi connectivity index (χ2v) is 43.1. The number of benzene rings is 4. The molecule has 3 atom stereocenters. The monoisotopic (exact) mass is 1620 g/mol.